The molecule has 3 nitrogen and oxygen atoms in total. The molecular formula is C22H19BO3. The number of fused-ring (bicyclic) bond motifs is 5. The number of hydrogen-bond donors (Lipinski definition) is 0. The van der Waals surface area contributed by atoms with E-state index in [0.29, 0.717) is 0 Å². The topological polar surface area (TPSA) is 31.6 Å². The van der Waals surface area contributed by atoms with Gasteiger partial charge in [-0.2, -0.15) is 0 Å². The van der Waals surface area contributed by atoms with E-state index in [1.807, 2.05) is 30.3 Å². The zero-order valence-electron chi connectivity index (χ0n) is 15.3. The van der Waals surface area contributed by atoms with E-state index in [-0.39, 0.29) is 18.3 Å². The number of hydrogen-bond acceptors (Lipinski definition) is 3. The van der Waals surface area contributed by atoms with Gasteiger partial charge >= 0.3 is 7.12 Å². The van der Waals surface area contributed by atoms with Crippen molar-refractivity contribution in [3.63, 3.8) is 0 Å². The molecule has 3 aromatic carbocycles. The second-order valence-corrected chi connectivity index (χ2v) is 7.95. The van der Waals surface area contributed by atoms with E-state index in [1.165, 1.54) is 0 Å². The molecule has 1 saturated heterocycles. The van der Waals surface area contributed by atoms with Gasteiger partial charge in [0.25, 0.3) is 0 Å². The molecule has 0 radical (unpaired) electrons. The van der Waals surface area contributed by atoms with E-state index in [1.54, 1.807) is 0 Å². The van der Waals surface area contributed by atoms with Crippen LogP contribution in [0.1, 0.15) is 27.7 Å². The van der Waals surface area contributed by atoms with Crippen molar-refractivity contribution in [1.29, 1.82) is 0 Å². The molecule has 26 heavy (non-hydrogen) atoms. The van der Waals surface area contributed by atoms with Gasteiger partial charge in [-0.15, -0.1) is 0 Å². The van der Waals surface area contributed by atoms with Crippen LogP contribution in [-0.4, -0.2) is 18.3 Å². The first-order valence-corrected chi connectivity index (χ1v) is 8.89. The third kappa shape index (κ3) is 2.11. The van der Waals surface area contributed by atoms with Crippen LogP contribution in [0.4, 0.5) is 0 Å². The molecule has 0 atom stereocenters. The minimum Gasteiger partial charge on any atom is -0.456 e. The van der Waals surface area contributed by atoms with Crippen molar-refractivity contribution in [1.82, 2.24) is 0 Å². The molecule has 0 saturated carbocycles. The van der Waals surface area contributed by atoms with Gasteiger partial charge in [-0.1, -0.05) is 24.3 Å². The minimum absolute atomic E-state index is 0.361. The monoisotopic (exact) mass is 342 g/mol. The highest BCUT2D eigenvalue weighted by Gasteiger charge is 2.51. The molecule has 4 heteroatoms. The van der Waals surface area contributed by atoms with Crippen LogP contribution in [0.15, 0.2) is 46.9 Å². The summed E-state index contributed by atoms with van der Waals surface area (Å²) >= 11 is 0. The van der Waals surface area contributed by atoms with E-state index in [2.05, 4.69) is 52.0 Å². The lowest BCUT2D eigenvalue weighted by atomic mass is 9.78. The first kappa shape index (κ1) is 15.8. The Morgan fingerprint density at radius 1 is 0.885 bits per heavy atom. The lowest BCUT2D eigenvalue weighted by Crippen LogP contribution is -2.41. The smallest absolute Gasteiger partial charge is 0.456 e. The van der Waals surface area contributed by atoms with Gasteiger partial charge in [0.2, 0.25) is 0 Å². The van der Waals surface area contributed by atoms with E-state index < -0.39 is 0 Å². The summed E-state index contributed by atoms with van der Waals surface area (Å²) < 4.78 is 18.5. The van der Waals surface area contributed by atoms with Crippen LogP contribution < -0.4 is 5.46 Å². The van der Waals surface area contributed by atoms with Crippen molar-refractivity contribution in [3.05, 3.63) is 54.6 Å². The fourth-order valence-corrected chi connectivity index (χ4v) is 3.55. The van der Waals surface area contributed by atoms with Crippen LogP contribution in [0.3, 0.4) is 0 Å². The summed E-state index contributed by atoms with van der Waals surface area (Å²) in [5, 5.41) is 4.26. The molecule has 0 bridgehead atoms. The molecule has 1 aliphatic rings. The predicted molar refractivity (Wildman–Crippen MR) is 105 cm³/mol. The third-order valence-corrected chi connectivity index (χ3v) is 5.76. The molecule has 0 N–H and O–H groups in total. The van der Waals surface area contributed by atoms with Gasteiger partial charge in [0, 0.05) is 16.2 Å². The minimum atomic E-state index is -0.389. The van der Waals surface area contributed by atoms with E-state index in [9.17, 15) is 0 Å². The van der Waals surface area contributed by atoms with E-state index in [0.717, 1.165) is 38.2 Å². The van der Waals surface area contributed by atoms with Gasteiger partial charge in [-0.25, -0.2) is 0 Å². The van der Waals surface area contributed by atoms with Gasteiger partial charge in [0.15, 0.2) is 0 Å². The second-order valence-electron chi connectivity index (χ2n) is 7.95. The normalized spacial score (nSPS) is 18.7. The molecule has 1 fully saturated rings. The quantitative estimate of drug-likeness (QED) is 0.472. The van der Waals surface area contributed by atoms with Crippen LogP contribution in [-0.2, 0) is 9.31 Å². The van der Waals surface area contributed by atoms with Crippen LogP contribution in [0.5, 0.6) is 0 Å². The Kier molecular flexibility index (Phi) is 3.05. The standard InChI is InChI=1S/C22H19BO3/c1-21(2)22(3,4)26-23(25-21)15-10-12-18-17(13-15)20-16-8-6-5-7-14(16)9-11-19(20)24-18/h5,7,9-13H,1-4H3. The fraction of sp³-hybridized carbons (Fsp3) is 0.273. The molecule has 0 unspecified atom stereocenters. The van der Waals surface area contributed by atoms with Crippen molar-refractivity contribution >= 4 is 45.3 Å². The molecule has 2 heterocycles. The van der Waals surface area contributed by atoms with Crippen LogP contribution in [0.25, 0.3) is 32.7 Å². The summed E-state index contributed by atoms with van der Waals surface area (Å²) in [6.07, 6.45) is 0. The maximum absolute atomic E-state index is 6.21. The van der Waals surface area contributed by atoms with Crippen LogP contribution in [0, 0.1) is 12.1 Å². The highest BCUT2D eigenvalue weighted by molar-refractivity contribution is 6.62. The Labute approximate surface area is 153 Å². The van der Waals surface area contributed by atoms with Crippen LogP contribution >= 0.6 is 0 Å². The predicted octanol–water partition coefficient (Wildman–Crippen LogP) is 4.64. The summed E-state index contributed by atoms with van der Waals surface area (Å²) in [7, 11) is -0.389. The molecule has 1 aromatic heterocycles. The molecule has 5 rings (SSSR count). The number of benzene rings is 2. The first-order valence-electron chi connectivity index (χ1n) is 8.89. The van der Waals surface area contributed by atoms with Gasteiger partial charge in [0.1, 0.15) is 11.2 Å². The maximum Gasteiger partial charge on any atom is 0.494 e. The molecule has 128 valence electrons. The molecule has 0 amide bonds. The van der Waals surface area contributed by atoms with Gasteiger partial charge in [-0.3, -0.25) is 0 Å². The summed E-state index contributed by atoms with van der Waals surface area (Å²) in [4.78, 5) is 0. The van der Waals surface area contributed by atoms with Crippen molar-refractivity contribution in [2.45, 2.75) is 38.9 Å². The Bertz CT molecular complexity index is 1140. The molecule has 0 aliphatic carbocycles. The average molecular weight is 342 g/mol. The molecule has 0 spiro atoms. The van der Waals surface area contributed by atoms with Crippen molar-refractivity contribution in [3.8, 4) is 0 Å². The average Bonchev–Trinajstić information content (AvgIpc) is 3.08. The van der Waals surface area contributed by atoms with E-state index in [4.69, 9.17) is 13.7 Å². The Morgan fingerprint density at radius 3 is 2.38 bits per heavy atom. The zero-order chi connectivity index (χ0) is 18.1. The Morgan fingerprint density at radius 2 is 1.62 bits per heavy atom. The molecule has 1 aliphatic heterocycles. The SMILES string of the molecule is CC1(C)OB(c2ccc3oc4ccc5ccc#cc5c4c3c2)OC1(C)C. The second kappa shape index (κ2) is 5.04. The van der Waals surface area contributed by atoms with Crippen molar-refractivity contribution in [2.75, 3.05) is 0 Å². The highest BCUT2D eigenvalue weighted by atomic mass is 16.7. The summed E-state index contributed by atoms with van der Waals surface area (Å²) in [5.41, 5.74) is 1.98. The third-order valence-electron chi connectivity index (χ3n) is 5.76. The van der Waals surface area contributed by atoms with E-state index >= 15 is 0 Å². The highest BCUT2D eigenvalue weighted by Crippen LogP contribution is 2.37. The fourth-order valence-electron chi connectivity index (χ4n) is 3.55. The van der Waals surface area contributed by atoms with Crippen LogP contribution in [0.2, 0.25) is 0 Å². The Hall–Kier alpha value is -2.48. The number of furan rings is 1. The summed E-state index contributed by atoms with van der Waals surface area (Å²) in [5.74, 6) is 0. The lowest BCUT2D eigenvalue weighted by molar-refractivity contribution is 0.00578. The summed E-state index contributed by atoms with van der Waals surface area (Å²) in [6, 6.07) is 20.4. The largest absolute Gasteiger partial charge is 0.494 e. The Balaban J connectivity index is 1.72. The van der Waals surface area contributed by atoms with Crippen molar-refractivity contribution in [2.24, 2.45) is 0 Å². The van der Waals surface area contributed by atoms with Crippen molar-refractivity contribution < 1.29 is 13.7 Å². The zero-order valence-corrected chi connectivity index (χ0v) is 15.3. The molecular weight excluding hydrogens is 323 g/mol. The molecule has 4 aromatic rings. The lowest BCUT2D eigenvalue weighted by Gasteiger charge is -2.32. The van der Waals surface area contributed by atoms with Gasteiger partial charge in [0.05, 0.1) is 11.2 Å². The van der Waals surface area contributed by atoms with Gasteiger partial charge < -0.3 is 13.7 Å². The first-order chi connectivity index (χ1) is 12.4. The maximum atomic E-state index is 6.21. The summed E-state index contributed by atoms with van der Waals surface area (Å²) in [6.45, 7) is 8.27. The number of rotatable bonds is 1. The van der Waals surface area contributed by atoms with Gasteiger partial charge in [-0.05, 0) is 68.9 Å².